The van der Waals surface area contributed by atoms with Gasteiger partial charge in [-0.25, -0.2) is 0 Å². The van der Waals surface area contributed by atoms with Gasteiger partial charge in [0.25, 0.3) is 0 Å². The molecule has 2 N–H and O–H groups in total. The highest BCUT2D eigenvalue weighted by atomic mass is 14.5. The quantitative estimate of drug-likeness (QED) is 0.343. The summed E-state index contributed by atoms with van der Waals surface area (Å²) in [4.78, 5) is 0. The smallest absolute Gasteiger partial charge is 0.00773 e. The number of rotatable bonds is 13. The Morgan fingerprint density at radius 3 is 1.79 bits per heavy atom. The topological polar surface area (TPSA) is 26.0 Å². The molecule has 0 heterocycles. The molecule has 1 heteroatoms. The van der Waals surface area contributed by atoms with Crippen LogP contribution in [0.4, 0.5) is 0 Å². The maximum Gasteiger partial charge on any atom is -0.00773 e. The van der Waals surface area contributed by atoms with Crippen LogP contribution in [0.25, 0.3) is 0 Å². The van der Waals surface area contributed by atoms with Crippen LogP contribution in [0.15, 0.2) is 36.5 Å². The van der Waals surface area contributed by atoms with Crippen LogP contribution in [0.2, 0.25) is 0 Å². The molecule has 0 aliphatic carbocycles. The summed E-state index contributed by atoms with van der Waals surface area (Å²) in [6.07, 6.45) is 26.0. The average molecular weight is 263 g/mol. The predicted molar refractivity (Wildman–Crippen MR) is 88.3 cm³/mol. The maximum atomic E-state index is 5.46. The molecule has 0 saturated heterocycles. The van der Waals surface area contributed by atoms with Gasteiger partial charge in [0.15, 0.2) is 0 Å². The zero-order valence-corrected chi connectivity index (χ0v) is 12.8. The van der Waals surface area contributed by atoms with Gasteiger partial charge in [-0.2, -0.15) is 0 Å². The number of hydrogen-bond acceptors (Lipinski definition) is 1. The molecule has 0 spiro atoms. The molecule has 0 atom stereocenters. The van der Waals surface area contributed by atoms with E-state index in [1.54, 1.807) is 0 Å². The molecule has 0 amide bonds. The van der Waals surface area contributed by atoms with Gasteiger partial charge in [0.05, 0.1) is 0 Å². The second kappa shape index (κ2) is 17.2. The van der Waals surface area contributed by atoms with Gasteiger partial charge in [-0.3, -0.25) is 0 Å². The Kier molecular flexibility index (Phi) is 16.4. The molecule has 0 radical (unpaired) electrons. The minimum absolute atomic E-state index is 0.852. The molecule has 0 saturated carbocycles. The summed E-state index contributed by atoms with van der Waals surface area (Å²) in [5.41, 5.74) is 5.46. The number of nitrogens with two attached hydrogens (primary N) is 1. The summed E-state index contributed by atoms with van der Waals surface area (Å²) >= 11 is 0. The first kappa shape index (κ1) is 18.2. The van der Waals surface area contributed by atoms with Gasteiger partial charge < -0.3 is 5.73 Å². The van der Waals surface area contributed by atoms with Gasteiger partial charge in [-0.05, 0) is 45.1 Å². The lowest BCUT2D eigenvalue weighted by atomic mass is 10.1. The average Bonchev–Trinajstić information content (AvgIpc) is 2.43. The second-order valence-electron chi connectivity index (χ2n) is 4.99. The van der Waals surface area contributed by atoms with E-state index in [4.69, 9.17) is 5.73 Å². The number of hydrogen-bond donors (Lipinski definition) is 1. The van der Waals surface area contributed by atoms with E-state index >= 15 is 0 Å². The third-order valence-corrected chi connectivity index (χ3v) is 3.10. The van der Waals surface area contributed by atoms with Crippen molar-refractivity contribution in [3.63, 3.8) is 0 Å². The summed E-state index contributed by atoms with van der Waals surface area (Å²) in [6.45, 7) is 3.02. The van der Waals surface area contributed by atoms with E-state index in [0.29, 0.717) is 0 Å². The SMILES string of the molecule is CCC=CCC=CCC=CCCCCCCCCN. The van der Waals surface area contributed by atoms with Gasteiger partial charge in [0.1, 0.15) is 0 Å². The number of unbranched alkanes of at least 4 members (excludes halogenated alkanes) is 6. The van der Waals surface area contributed by atoms with Crippen LogP contribution >= 0.6 is 0 Å². The molecule has 0 rings (SSSR count). The van der Waals surface area contributed by atoms with Gasteiger partial charge in [-0.1, -0.05) is 69.1 Å². The Bertz CT molecular complexity index is 238. The maximum absolute atomic E-state index is 5.46. The van der Waals surface area contributed by atoms with Gasteiger partial charge >= 0.3 is 0 Å². The Balaban J connectivity index is 3.19. The van der Waals surface area contributed by atoms with Crippen LogP contribution in [0, 0.1) is 0 Å². The molecule has 19 heavy (non-hydrogen) atoms. The Labute approximate surface area is 120 Å². The summed E-state index contributed by atoms with van der Waals surface area (Å²) in [5.74, 6) is 0. The van der Waals surface area contributed by atoms with Crippen molar-refractivity contribution < 1.29 is 0 Å². The fraction of sp³-hybridized carbons (Fsp3) is 0.667. The van der Waals surface area contributed by atoms with Gasteiger partial charge in [-0.15, -0.1) is 0 Å². The van der Waals surface area contributed by atoms with E-state index in [1.165, 1.54) is 44.9 Å². The van der Waals surface area contributed by atoms with E-state index < -0.39 is 0 Å². The molecule has 0 fully saturated rings. The summed E-state index contributed by atoms with van der Waals surface area (Å²) in [7, 11) is 0. The summed E-state index contributed by atoms with van der Waals surface area (Å²) in [5, 5.41) is 0. The largest absolute Gasteiger partial charge is 0.330 e. The highest BCUT2D eigenvalue weighted by Gasteiger charge is 1.88. The first-order valence-electron chi connectivity index (χ1n) is 8.06. The lowest BCUT2D eigenvalue weighted by Gasteiger charge is -1.98. The third-order valence-electron chi connectivity index (χ3n) is 3.10. The van der Waals surface area contributed by atoms with Crippen LogP contribution < -0.4 is 5.73 Å². The Hall–Kier alpha value is -0.820. The lowest BCUT2D eigenvalue weighted by molar-refractivity contribution is 0.600. The van der Waals surface area contributed by atoms with E-state index in [1.807, 2.05) is 0 Å². The molecule has 110 valence electrons. The standard InChI is InChI=1S/C18H33N/c1-2-3-4-5-6-7-8-9-10-11-12-13-14-15-16-17-18-19/h3-4,6-7,9-10H,2,5,8,11-19H2,1H3. The zero-order chi connectivity index (χ0) is 14.0. The predicted octanol–water partition coefficient (Wildman–Crippen LogP) is 5.53. The fourth-order valence-corrected chi connectivity index (χ4v) is 1.94. The van der Waals surface area contributed by atoms with Crippen LogP contribution in [0.3, 0.4) is 0 Å². The van der Waals surface area contributed by atoms with Crippen molar-refractivity contribution in [1.82, 2.24) is 0 Å². The molecule has 0 aromatic rings. The highest BCUT2D eigenvalue weighted by molar-refractivity contribution is 4.96. The van der Waals surface area contributed by atoms with E-state index in [0.717, 1.165) is 25.8 Å². The summed E-state index contributed by atoms with van der Waals surface area (Å²) < 4.78 is 0. The van der Waals surface area contributed by atoms with Gasteiger partial charge in [0, 0.05) is 0 Å². The van der Waals surface area contributed by atoms with Crippen molar-refractivity contribution in [3.05, 3.63) is 36.5 Å². The number of allylic oxidation sites excluding steroid dienone is 6. The monoisotopic (exact) mass is 263 g/mol. The van der Waals surface area contributed by atoms with Crippen LogP contribution in [-0.4, -0.2) is 6.54 Å². The van der Waals surface area contributed by atoms with Crippen molar-refractivity contribution >= 4 is 0 Å². The molecule has 0 aliphatic rings. The lowest BCUT2D eigenvalue weighted by Crippen LogP contribution is -1.97. The summed E-state index contributed by atoms with van der Waals surface area (Å²) in [6, 6.07) is 0. The van der Waals surface area contributed by atoms with Crippen molar-refractivity contribution in [2.45, 2.75) is 71.1 Å². The van der Waals surface area contributed by atoms with E-state index in [-0.39, 0.29) is 0 Å². The minimum atomic E-state index is 0.852. The zero-order valence-electron chi connectivity index (χ0n) is 12.8. The molecule has 0 aromatic heterocycles. The third kappa shape index (κ3) is 17.2. The molecule has 0 aliphatic heterocycles. The normalized spacial score (nSPS) is 12.3. The van der Waals surface area contributed by atoms with E-state index in [9.17, 15) is 0 Å². The molecule has 1 nitrogen and oxygen atoms in total. The van der Waals surface area contributed by atoms with Gasteiger partial charge in [0.2, 0.25) is 0 Å². The molecule has 0 bridgehead atoms. The van der Waals surface area contributed by atoms with Crippen LogP contribution in [0.5, 0.6) is 0 Å². The molecule has 0 aromatic carbocycles. The van der Waals surface area contributed by atoms with Crippen molar-refractivity contribution in [3.8, 4) is 0 Å². The Morgan fingerprint density at radius 2 is 1.16 bits per heavy atom. The fourth-order valence-electron chi connectivity index (χ4n) is 1.94. The Morgan fingerprint density at radius 1 is 0.632 bits per heavy atom. The first-order valence-corrected chi connectivity index (χ1v) is 8.06. The highest BCUT2D eigenvalue weighted by Crippen LogP contribution is 2.07. The molecular weight excluding hydrogens is 230 g/mol. The van der Waals surface area contributed by atoms with Crippen LogP contribution in [0.1, 0.15) is 71.1 Å². The van der Waals surface area contributed by atoms with Crippen molar-refractivity contribution in [2.75, 3.05) is 6.54 Å². The molecular formula is C18H33N. The van der Waals surface area contributed by atoms with Crippen LogP contribution in [-0.2, 0) is 0 Å². The first-order chi connectivity index (χ1) is 9.41. The minimum Gasteiger partial charge on any atom is -0.330 e. The second-order valence-corrected chi connectivity index (χ2v) is 4.99. The van der Waals surface area contributed by atoms with Crippen molar-refractivity contribution in [2.24, 2.45) is 5.73 Å². The molecule has 0 unspecified atom stereocenters. The van der Waals surface area contributed by atoms with Crippen molar-refractivity contribution in [1.29, 1.82) is 0 Å². The van der Waals surface area contributed by atoms with E-state index in [2.05, 4.69) is 43.4 Å².